The zero-order valence-electron chi connectivity index (χ0n) is 10.4. The lowest BCUT2D eigenvalue weighted by Gasteiger charge is -2.23. The highest BCUT2D eigenvalue weighted by atomic mass is 16.5. The SMILES string of the molecule is COc1cccc(NC(C(C)C)C2CC2)c1. The minimum Gasteiger partial charge on any atom is -0.497 e. The van der Waals surface area contributed by atoms with Crippen molar-refractivity contribution in [2.75, 3.05) is 12.4 Å². The van der Waals surface area contributed by atoms with Crippen molar-refractivity contribution in [2.24, 2.45) is 11.8 Å². The summed E-state index contributed by atoms with van der Waals surface area (Å²) in [5.41, 5.74) is 1.17. The van der Waals surface area contributed by atoms with E-state index in [2.05, 4.69) is 31.3 Å². The third kappa shape index (κ3) is 2.69. The van der Waals surface area contributed by atoms with Gasteiger partial charge in [-0.1, -0.05) is 19.9 Å². The lowest BCUT2D eigenvalue weighted by atomic mass is 9.99. The Hall–Kier alpha value is -1.18. The molecule has 1 N–H and O–H groups in total. The van der Waals surface area contributed by atoms with Crippen LogP contribution in [0.15, 0.2) is 24.3 Å². The van der Waals surface area contributed by atoms with Gasteiger partial charge in [-0.3, -0.25) is 0 Å². The summed E-state index contributed by atoms with van der Waals surface area (Å²) in [6.45, 7) is 4.58. The van der Waals surface area contributed by atoms with Crippen LogP contribution < -0.4 is 10.1 Å². The van der Waals surface area contributed by atoms with Crippen LogP contribution in [0.2, 0.25) is 0 Å². The predicted octanol–water partition coefficient (Wildman–Crippen LogP) is 3.54. The summed E-state index contributed by atoms with van der Waals surface area (Å²) in [7, 11) is 1.71. The molecule has 1 aromatic rings. The van der Waals surface area contributed by atoms with Gasteiger partial charge in [0, 0.05) is 17.8 Å². The van der Waals surface area contributed by atoms with Gasteiger partial charge in [-0.25, -0.2) is 0 Å². The second-order valence-electron chi connectivity index (χ2n) is 4.98. The van der Waals surface area contributed by atoms with E-state index < -0.39 is 0 Å². The Balaban J connectivity index is 2.05. The molecule has 1 aliphatic carbocycles. The quantitative estimate of drug-likeness (QED) is 0.817. The first-order chi connectivity index (χ1) is 7.70. The summed E-state index contributed by atoms with van der Waals surface area (Å²) in [5.74, 6) is 2.47. The van der Waals surface area contributed by atoms with E-state index in [4.69, 9.17) is 4.74 Å². The second kappa shape index (κ2) is 4.77. The molecule has 1 atom stereocenters. The van der Waals surface area contributed by atoms with Crippen molar-refractivity contribution < 1.29 is 4.74 Å². The molecular weight excluding hydrogens is 198 g/mol. The van der Waals surface area contributed by atoms with E-state index >= 15 is 0 Å². The molecule has 0 aromatic heterocycles. The maximum absolute atomic E-state index is 5.23. The standard InChI is InChI=1S/C14H21NO/c1-10(2)14(11-7-8-11)15-12-5-4-6-13(9-12)16-3/h4-6,9-11,14-15H,7-8H2,1-3H3. The Labute approximate surface area is 98.0 Å². The lowest BCUT2D eigenvalue weighted by Crippen LogP contribution is -2.27. The highest BCUT2D eigenvalue weighted by molar-refractivity contribution is 5.49. The largest absolute Gasteiger partial charge is 0.497 e. The second-order valence-corrected chi connectivity index (χ2v) is 4.98. The molecule has 1 aliphatic rings. The molecule has 0 amide bonds. The van der Waals surface area contributed by atoms with Gasteiger partial charge in [0.25, 0.3) is 0 Å². The predicted molar refractivity (Wildman–Crippen MR) is 68.0 cm³/mol. The number of benzene rings is 1. The van der Waals surface area contributed by atoms with E-state index in [0.717, 1.165) is 11.7 Å². The molecule has 0 spiro atoms. The van der Waals surface area contributed by atoms with Crippen LogP contribution >= 0.6 is 0 Å². The first-order valence-electron chi connectivity index (χ1n) is 6.11. The van der Waals surface area contributed by atoms with E-state index in [1.807, 2.05) is 12.1 Å². The number of hydrogen-bond acceptors (Lipinski definition) is 2. The minimum absolute atomic E-state index is 0.604. The third-order valence-corrected chi connectivity index (χ3v) is 3.25. The van der Waals surface area contributed by atoms with Crippen molar-refractivity contribution in [1.29, 1.82) is 0 Å². The van der Waals surface area contributed by atoms with E-state index in [1.54, 1.807) is 7.11 Å². The highest BCUT2D eigenvalue weighted by Gasteiger charge is 2.32. The zero-order valence-corrected chi connectivity index (χ0v) is 10.4. The average molecular weight is 219 g/mol. The molecule has 0 heterocycles. The van der Waals surface area contributed by atoms with Crippen LogP contribution in [0, 0.1) is 11.8 Å². The van der Waals surface area contributed by atoms with Crippen LogP contribution in [0.4, 0.5) is 5.69 Å². The molecule has 88 valence electrons. The van der Waals surface area contributed by atoms with Gasteiger partial charge in [0.2, 0.25) is 0 Å². The fourth-order valence-electron chi connectivity index (χ4n) is 2.19. The summed E-state index contributed by atoms with van der Waals surface area (Å²) in [4.78, 5) is 0. The molecule has 0 radical (unpaired) electrons. The van der Waals surface area contributed by atoms with Gasteiger partial charge in [-0.2, -0.15) is 0 Å². The number of anilines is 1. The van der Waals surface area contributed by atoms with E-state index in [9.17, 15) is 0 Å². The molecule has 0 aliphatic heterocycles. The van der Waals surface area contributed by atoms with Gasteiger partial charge in [0.05, 0.1) is 7.11 Å². The van der Waals surface area contributed by atoms with Crippen LogP contribution in [0.25, 0.3) is 0 Å². The Morgan fingerprint density at radius 1 is 1.31 bits per heavy atom. The van der Waals surface area contributed by atoms with Crippen molar-refractivity contribution in [2.45, 2.75) is 32.7 Å². The Kier molecular flexibility index (Phi) is 3.37. The van der Waals surface area contributed by atoms with Crippen molar-refractivity contribution in [1.82, 2.24) is 0 Å². The minimum atomic E-state index is 0.604. The molecule has 1 aromatic carbocycles. The number of nitrogens with one attached hydrogen (secondary N) is 1. The van der Waals surface area contributed by atoms with Crippen LogP contribution in [-0.2, 0) is 0 Å². The van der Waals surface area contributed by atoms with Gasteiger partial charge in [0.15, 0.2) is 0 Å². The van der Waals surface area contributed by atoms with Gasteiger partial charge < -0.3 is 10.1 Å². The normalized spacial score (nSPS) is 17.2. The fourth-order valence-corrected chi connectivity index (χ4v) is 2.19. The summed E-state index contributed by atoms with van der Waals surface area (Å²) < 4.78 is 5.23. The molecule has 1 saturated carbocycles. The molecule has 2 nitrogen and oxygen atoms in total. The number of rotatable bonds is 5. The van der Waals surface area contributed by atoms with Gasteiger partial charge in [-0.15, -0.1) is 0 Å². The molecule has 2 rings (SSSR count). The van der Waals surface area contributed by atoms with Gasteiger partial charge in [-0.05, 0) is 36.8 Å². The monoisotopic (exact) mass is 219 g/mol. The maximum atomic E-state index is 5.23. The highest BCUT2D eigenvalue weighted by Crippen LogP contribution is 2.37. The molecule has 0 saturated heterocycles. The number of methoxy groups -OCH3 is 1. The summed E-state index contributed by atoms with van der Waals surface area (Å²) >= 11 is 0. The summed E-state index contributed by atoms with van der Waals surface area (Å²) in [6.07, 6.45) is 2.75. The topological polar surface area (TPSA) is 21.3 Å². The molecular formula is C14H21NO. The lowest BCUT2D eigenvalue weighted by molar-refractivity contribution is 0.414. The van der Waals surface area contributed by atoms with Crippen molar-refractivity contribution in [3.63, 3.8) is 0 Å². The molecule has 1 unspecified atom stereocenters. The van der Waals surface area contributed by atoms with Crippen molar-refractivity contribution in [3.05, 3.63) is 24.3 Å². The van der Waals surface area contributed by atoms with E-state index in [1.165, 1.54) is 18.5 Å². The molecule has 0 bridgehead atoms. The van der Waals surface area contributed by atoms with Crippen molar-refractivity contribution >= 4 is 5.69 Å². The molecule has 2 heteroatoms. The Bertz CT molecular complexity index is 342. The average Bonchev–Trinajstić information content (AvgIpc) is 3.10. The Morgan fingerprint density at radius 3 is 2.62 bits per heavy atom. The van der Waals surface area contributed by atoms with Crippen LogP contribution in [-0.4, -0.2) is 13.2 Å². The van der Waals surface area contributed by atoms with Gasteiger partial charge in [0.1, 0.15) is 5.75 Å². The third-order valence-electron chi connectivity index (χ3n) is 3.25. The zero-order chi connectivity index (χ0) is 11.5. The van der Waals surface area contributed by atoms with Crippen LogP contribution in [0.1, 0.15) is 26.7 Å². The first-order valence-corrected chi connectivity index (χ1v) is 6.11. The van der Waals surface area contributed by atoms with Crippen molar-refractivity contribution in [3.8, 4) is 5.75 Å². The smallest absolute Gasteiger partial charge is 0.120 e. The summed E-state index contributed by atoms with van der Waals surface area (Å²) in [6, 6.07) is 8.79. The summed E-state index contributed by atoms with van der Waals surface area (Å²) in [5, 5.41) is 3.64. The number of ether oxygens (including phenoxy) is 1. The van der Waals surface area contributed by atoms with E-state index in [-0.39, 0.29) is 0 Å². The van der Waals surface area contributed by atoms with Gasteiger partial charge >= 0.3 is 0 Å². The first kappa shape index (κ1) is 11.3. The van der Waals surface area contributed by atoms with E-state index in [0.29, 0.717) is 12.0 Å². The Morgan fingerprint density at radius 2 is 2.06 bits per heavy atom. The van der Waals surface area contributed by atoms with Crippen LogP contribution in [0.5, 0.6) is 5.75 Å². The number of hydrogen-bond donors (Lipinski definition) is 1. The van der Waals surface area contributed by atoms with Crippen LogP contribution in [0.3, 0.4) is 0 Å². The molecule has 16 heavy (non-hydrogen) atoms. The molecule has 1 fully saturated rings. The fraction of sp³-hybridized carbons (Fsp3) is 0.571. The maximum Gasteiger partial charge on any atom is 0.120 e.